The lowest BCUT2D eigenvalue weighted by atomic mass is 10.2. The van der Waals surface area contributed by atoms with Crippen LogP contribution in [0.1, 0.15) is 22.5 Å². The van der Waals surface area contributed by atoms with E-state index in [1.807, 2.05) is 6.07 Å². The van der Waals surface area contributed by atoms with E-state index >= 15 is 0 Å². The van der Waals surface area contributed by atoms with E-state index in [0.29, 0.717) is 11.3 Å². The van der Waals surface area contributed by atoms with E-state index in [4.69, 9.17) is 14.4 Å². The van der Waals surface area contributed by atoms with Crippen molar-refractivity contribution in [2.24, 2.45) is 0 Å². The van der Waals surface area contributed by atoms with Gasteiger partial charge in [-0.15, -0.1) is 11.3 Å². The molecule has 0 aliphatic rings. The second-order valence-electron chi connectivity index (χ2n) is 5.41. The summed E-state index contributed by atoms with van der Waals surface area (Å²) in [4.78, 5) is 30.1. The van der Waals surface area contributed by atoms with Crippen LogP contribution in [-0.4, -0.2) is 34.9 Å². The SMILES string of the molecule is N#CCCN(Cc1ccco1)C(=O)COC(=O)c1ccc2ncsc2c1. The van der Waals surface area contributed by atoms with Gasteiger partial charge in [-0.1, -0.05) is 0 Å². The number of fused-ring (bicyclic) bond motifs is 1. The van der Waals surface area contributed by atoms with Gasteiger partial charge in [-0.2, -0.15) is 5.26 Å². The molecule has 8 heteroatoms. The molecular formula is C18H15N3O4S. The molecule has 1 amide bonds. The second kappa shape index (κ2) is 8.27. The number of hydrogen-bond acceptors (Lipinski definition) is 7. The minimum absolute atomic E-state index is 0.183. The van der Waals surface area contributed by atoms with Crippen molar-refractivity contribution in [2.45, 2.75) is 13.0 Å². The van der Waals surface area contributed by atoms with Crippen molar-refractivity contribution in [1.29, 1.82) is 5.26 Å². The Hall–Kier alpha value is -3.18. The average Bonchev–Trinajstić information content (AvgIpc) is 3.33. The number of nitriles is 1. The van der Waals surface area contributed by atoms with E-state index in [9.17, 15) is 9.59 Å². The van der Waals surface area contributed by atoms with Crippen molar-refractivity contribution < 1.29 is 18.7 Å². The van der Waals surface area contributed by atoms with Crippen molar-refractivity contribution in [3.63, 3.8) is 0 Å². The Morgan fingerprint density at radius 3 is 3.00 bits per heavy atom. The lowest BCUT2D eigenvalue weighted by Gasteiger charge is -2.20. The summed E-state index contributed by atoms with van der Waals surface area (Å²) in [5.41, 5.74) is 2.87. The fraction of sp³-hybridized carbons (Fsp3) is 0.222. The minimum Gasteiger partial charge on any atom is -0.467 e. The highest BCUT2D eigenvalue weighted by atomic mass is 32.1. The van der Waals surface area contributed by atoms with Crippen molar-refractivity contribution in [2.75, 3.05) is 13.2 Å². The summed E-state index contributed by atoms with van der Waals surface area (Å²) in [7, 11) is 0. The zero-order chi connectivity index (χ0) is 18.4. The van der Waals surface area contributed by atoms with Crippen LogP contribution in [-0.2, 0) is 16.1 Å². The minimum atomic E-state index is -0.577. The molecule has 3 aromatic rings. The quantitative estimate of drug-likeness (QED) is 0.594. The van der Waals surface area contributed by atoms with Crippen LogP contribution in [0.15, 0.2) is 46.5 Å². The number of carbonyl (C=O) groups excluding carboxylic acids is 2. The molecule has 0 N–H and O–H groups in total. The third kappa shape index (κ3) is 4.26. The van der Waals surface area contributed by atoms with Crippen molar-refractivity contribution in [3.05, 3.63) is 53.4 Å². The van der Waals surface area contributed by atoms with E-state index in [1.54, 1.807) is 35.8 Å². The molecule has 0 aliphatic carbocycles. The maximum atomic E-state index is 12.4. The van der Waals surface area contributed by atoms with E-state index in [2.05, 4.69) is 4.98 Å². The second-order valence-corrected chi connectivity index (χ2v) is 6.30. The Morgan fingerprint density at radius 1 is 1.35 bits per heavy atom. The summed E-state index contributed by atoms with van der Waals surface area (Å²) in [6.07, 6.45) is 1.69. The third-order valence-corrected chi connectivity index (χ3v) is 4.46. The van der Waals surface area contributed by atoms with Gasteiger partial charge in [0, 0.05) is 6.54 Å². The number of benzene rings is 1. The predicted molar refractivity (Wildman–Crippen MR) is 94.3 cm³/mol. The molecule has 0 atom stereocenters. The number of thiazole rings is 1. The van der Waals surface area contributed by atoms with Crippen LogP contribution in [0.3, 0.4) is 0 Å². The van der Waals surface area contributed by atoms with Gasteiger partial charge in [0.2, 0.25) is 0 Å². The van der Waals surface area contributed by atoms with Crippen LogP contribution < -0.4 is 0 Å². The van der Waals surface area contributed by atoms with Crippen molar-refractivity contribution in [1.82, 2.24) is 9.88 Å². The molecule has 0 aliphatic heterocycles. The summed E-state index contributed by atoms with van der Waals surface area (Å²) in [6.45, 7) is 0.0595. The molecule has 132 valence electrons. The molecule has 0 bridgehead atoms. The summed E-state index contributed by atoms with van der Waals surface area (Å²) < 4.78 is 11.2. The fourth-order valence-corrected chi connectivity index (χ4v) is 3.07. The highest BCUT2D eigenvalue weighted by molar-refractivity contribution is 7.16. The summed E-state index contributed by atoms with van der Waals surface area (Å²) in [5, 5.41) is 8.76. The van der Waals surface area contributed by atoms with E-state index in [-0.39, 0.29) is 25.4 Å². The topological polar surface area (TPSA) is 96.4 Å². The third-order valence-electron chi connectivity index (χ3n) is 3.67. The zero-order valence-corrected chi connectivity index (χ0v) is 14.6. The number of ether oxygens (including phenoxy) is 1. The lowest BCUT2D eigenvalue weighted by Crippen LogP contribution is -2.34. The van der Waals surface area contributed by atoms with Gasteiger partial charge in [-0.25, -0.2) is 9.78 Å². The molecule has 0 unspecified atom stereocenters. The number of rotatable bonds is 7. The van der Waals surface area contributed by atoms with Crippen LogP contribution in [0.2, 0.25) is 0 Å². The molecule has 0 radical (unpaired) electrons. The van der Waals surface area contributed by atoms with Crippen LogP contribution >= 0.6 is 11.3 Å². The summed E-state index contributed by atoms with van der Waals surface area (Å²) in [6, 6.07) is 10.5. The van der Waals surface area contributed by atoms with Gasteiger partial charge in [0.1, 0.15) is 5.76 Å². The number of esters is 1. The van der Waals surface area contributed by atoms with Crippen molar-refractivity contribution in [3.8, 4) is 6.07 Å². The van der Waals surface area contributed by atoms with Crippen LogP contribution in [0, 0.1) is 11.3 Å². The van der Waals surface area contributed by atoms with Crippen LogP contribution in [0.25, 0.3) is 10.2 Å². The maximum Gasteiger partial charge on any atom is 0.338 e. The van der Waals surface area contributed by atoms with E-state index in [1.165, 1.54) is 22.5 Å². The van der Waals surface area contributed by atoms with Gasteiger partial charge in [0.05, 0.1) is 46.6 Å². The lowest BCUT2D eigenvalue weighted by molar-refractivity contribution is -0.135. The molecule has 0 fully saturated rings. The maximum absolute atomic E-state index is 12.4. The van der Waals surface area contributed by atoms with Gasteiger partial charge in [0.15, 0.2) is 6.61 Å². The molecule has 0 saturated heterocycles. The number of aromatic nitrogens is 1. The molecule has 7 nitrogen and oxygen atoms in total. The standard InChI is InChI=1S/C18H15N3O4S/c19-6-2-7-21(10-14-3-1-8-24-14)17(22)11-25-18(23)13-4-5-15-16(9-13)26-12-20-15/h1,3-5,8-9,12H,2,7,10-11H2. The summed E-state index contributed by atoms with van der Waals surface area (Å²) in [5.74, 6) is -0.367. The Morgan fingerprint density at radius 2 is 2.23 bits per heavy atom. The molecule has 1 aromatic carbocycles. The van der Waals surface area contributed by atoms with Gasteiger partial charge in [-0.05, 0) is 30.3 Å². The molecule has 0 saturated carbocycles. The molecule has 26 heavy (non-hydrogen) atoms. The largest absolute Gasteiger partial charge is 0.467 e. The normalized spacial score (nSPS) is 10.4. The number of furan rings is 1. The average molecular weight is 369 g/mol. The number of amides is 1. The van der Waals surface area contributed by atoms with E-state index in [0.717, 1.165) is 10.2 Å². The summed E-state index contributed by atoms with van der Waals surface area (Å²) >= 11 is 1.42. The van der Waals surface area contributed by atoms with Gasteiger partial charge >= 0.3 is 5.97 Å². The zero-order valence-electron chi connectivity index (χ0n) is 13.8. The fourth-order valence-electron chi connectivity index (χ4n) is 2.35. The van der Waals surface area contributed by atoms with Gasteiger partial charge < -0.3 is 14.1 Å². The molecule has 2 heterocycles. The van der Waals surface area contributed by atoms with Crippen LogP contribution in [0.5, 0.6) is 0 Å². The first-order valence-corrected chi connectivity index (χ1v) is 8.73. The Balaban J connectivity index is 1.61. The molecule has 3 rings (SSSR count). The Bertz CT molecular complexity index is 943. The van der Waals surface area contributed by atoms with E-state index < -0.39 is 12.6 Å². The van der Waals surface area contributed by atoms with Gasteiger partial charge in [0.25, 0.3) is 5.91 Å². The number of carbonyl (C=O) groups is 2. The molecule has 0 spiro atoms. The number of nitrogens with zero attached hydrogens (tertiary/aromatic N) is 3. The highest BCUT2D eigenvalue weighted by Crippen LogP contribution is 2.19. The van der Waals surface area contributed by atoms with Gasteiger partial charge in [-0.3, -0.25) is 4.79 Å². The monoisotopic (exact) mass is 369 g/mol. The first kappa shape index (κ1) is 17.6. The van der Waals surface area contributed by atoms with Crippen molar-refractivity contribution >= 4 is 33.4 Å². The molecular weight excluding hydrogens is 354 g/mol. The first-order valence-electron chi connectivity index (χ1n) is 7.85. The van der Waals surface area contributed by atoms with Crippen LogP contribution in [0.4, 0.5) is 0 Å². The molecule has 2 aromatic heterocycles. The Labute approximate surface area is 153 Å². The predicted octanol–water partition coefficient (Wildman–Crippen LogP) is 2.99. The first-order chi connectivity index (χ1) is 12.7. The number of hydrogen-bond donors (Lipinski definition) is 0. The smallest absolute Gasteiger partial charge is 0.338 e. The Kier molecular flexibility index (Phi) is 5.61. The highest BCUT2D eigenvalue weighted by Gasteiger charge is 2.18.